The van der Waals surface area contributed by atoms with Crippen molar-refractivity contribution in [1.82, 2.24) is 14.3 Å². The number of pyridine rings is 1. The van der Waals surface area contributed by atoms with Crippen LogP contribution in [0.2, 0.25) is 0 Å². The second-order valence-corrected chi connectivity index (χ2v) is 8.82. The molecule has 0 N–H and O–H groups in total. The molecule has 1 fully saturated rings. The average molecular weight is 408 g/mol. The smallest absolute Gasteiger partial charge is 0.410 e. The van der Waals surface area contributed by atoms with Crippen LogP contribution in [0.4, 0.5) is 4.79 Å². The van der Waals surface area contributed by atoms with Gasteiger partial charge in [0, 0.05) is 50.1 Å². The van der Waals surface area contributed by atoms with E-state index in [2.05, 4.69) is 30.1 Å². The summed E-state index contributed by atoms with van der Waals surface area (Å²) in [4.78, 5) is 18.4. The summed E-state index contributed by atoms with van der Waals surface area (Å²) >= 11 is 0. The van der Waals surface area contributed by atoms with Gasteiger partial charge in [-0.1, -0.05) is 12.1 Å². The molecule has 2 aromatic heterocycles. The van der Waals surface area contributed by atoms with Gasteiger partial charge >= 0.3 is 6.09 Å². The van der Waals surface area contributed by atoms with Gasteiger partial charge in [-0.2, -0.15) is 0 Å². The summed E-state index contributed by atoms with van der Waals surface area (Å²) in [5, 5.41) is 0. The zero-order valence-corrected chi connectivity index (χ0v) is 18.1. The fourth-order valence-corrected chi connectivity index (χ4v) is 3.83. The first-order valence-electron chi connectivity index (χ1n) is 10.5. The number of likely N-dealkylation sites (tertiary alicyclic amines) is 1. The molecule has 0 atom stereocenters. The number of rotatable bonds is 3. The summed E-state index contributed by atoms with van der Waals surface area (Å²) in [6.07, 6.45) is 7.28. The molecule has 6 heteroatoms. The number of benzene rings is 1. The van der Waals surface area contributed by atoms with Crippen molar-refractivity contribution >= 4 is 11.7 Å². The lowest BCUT2D eigenvalue weighted by Crippen LogP contribution is -2.44. The fraction of sp³-hybridized carbons (Fsp3) is 0.417. The van der Waals surface area contributed by atoms with E-state index >= 15 is 0 Å². The summed E-state index contributed by atoms with van der Waals surface area (Å²) in [6, 6.07) is 10.3. The first-order chi connectivity index (χ1) is 14.3. The van der Waals surface area contributed by atoms with Gasteiger partial charge < -0.3 is 18.8 Å². The van der Waals surface area contributed by atoms with Crippen molar-refractivity contribution in [3.05, 3.63) is 54.5 Å². The Morgan fingerprint density at radius 1 is 1.07 bits per heavy atom. The van der Waals surface area contributed by atoms with Crippen molar-refractivity contribution in [3.63, 3.8) is 0 Å². The van der Waals surface area contributed by atoms with Crippen LogP contribution < -0.4 is 4.74 Å². The van der Waals surface area contributed by atoms with Crippen LogP contribution in [0.15, 0.2) is 48.9 Å². The van der Waals surface area contributed by atoms with Crippen LogP contribution >= 0.6 is 0 Å². The third-order valence-corrected chi connectivity index (χ3v) is 5.37. The van der Waals surface area contributed by atoms with Crippen LogP contribution in [0.5, 0.6) is 5.75 Å². The van der Waals surface area contributed by atoms with E-state index in [1.165, 1.54) is 5.56 Å². The fourth-order valence-electron chi connectivity index (χ4n) is 3.83. The lowest BCUT2D eigenvalue weighted by Gasteiger charge is -2.33. The summed E-state index contributed by atoms with van der Waals surface area (Å²) in [5.74, 6) is 0.856. The number of carbonyl (C=O) groups excluding carboxylic acids is 1. The van der Waals surface area contributed by atoms with Crippen LogP contribution in [0.3, 0.4) is 0 Å². The summed E-state index contributed by atoms with van der Waals surface area (Å²) in [5.41, 5.74) is 3.98. The van der Waals surface area contributed by atoms with Crippen LogP contribution in [0.25, 0.3) is 16.8 Å². The molecule has 0 saturated carbocycles. The molecule has 6 nitrogen and oxygen atoms in total. The third-order valence-electron chi connectivity index (χ3n) is 5.37. The quantitative estimate of drug-likeness (QED) is 0.607. The van der Waals surface area contributed by atoms with Gasteiger partial charge in [0.15, 0.2) is 0 Å². The maximum absolute atomic E-state index is 12.2. The van der Waals surface area contributed by atoms with Gasteiger partial charge in [0.25, 0.3) is 0 Å². The molecule has 30 heavy (non-hydrogen) atoms. The molecule has 3 aromatic rings. The average Bonchev–Trinajstić information content (AvgIpc) is 3.18. The maximum Gasteiger partial charge on any atom is 0.410 e. The van der Waals surface area contributed by atoms with Crippen LogP contribution in [-0.4, -0.2) is 45.2 Å². The second kappa shape index (κ2) is 8.01. The van der Waals surface area contributed by atoms with Crippen LogP contribution in [0, 0.1) is 6.92 Å². The molecule has 3 heterocycles. The van der Waals surface area contributed by atoms with Crippen molar-refractivity contribution < 1.29 is 14.3 Å². The molecule has 0 radical (unpaired) electrons. The zero-order valence-electron chi connectivity index (χ0n) is 18.1. The van der Waals surface area contributed by atoms with E-state index in [0.29, 0.717) is 13.1 Å². The van der Waals surface area contributed by atoms with Gasteiger partial charge in [0.1, 0.15) is 23.1 Å². The van der Waals surface area contributed by atoms with Gasteiger partial charge in [-0.25, -0.2) is 9.78 Å². The molecule has 158 valence electrons. The second-order valence-electron chi connectivity index (χ2n) is 8.82. The lowest BCUT2D eigenvalue weighted by molar-refractivity contribution is 0.0126. The Morgan fingerprint density at radius 3 is 2.43 bits per heavy atom. The number of aromatic nitrogens is 2. The summed E-state index contributed by atoms with van der Waals surface area (Å²) in [7, 11) is 0. The maximum atomic E-state index is 12.2. The minimum atomic E-state index is -0.466. The molecule has 1 saturated heterocycles. The number of hydrogen-bond acceptors (Lipinski definition) is 4. The summed E-state index contributed by atoms with van der Waals surface area (Å²) < 4.78 is 13.7. The lowest BCUT2D eigenvalue weighted by atomic mass is 10.0. The van der Waals surface area contributed by atoms with Crippen molar-refractivity contribution in [2.45, 2.75) is 52.2 Å². The first kappa shape index (κ1) is 20.3. The molecule has 1 amide bonds. The Balaban J connectivity index is 1.36. The van der Waals surface area contributed by atoms with Crippen LogP contribution in [-0.2, 0) is 4.74 Å². The number of ether oxygens (including phenoxy) is 2. The third kappa shape index (κ3) is 4.42. The van der Waals surface area contributed by atoms with Crippen molar-refractivity contribution in [1.29, 1.82) is 0 Å². The number of piperidine rings is 1. The first-order valence-corrected chi connectivity index (χ1v) is 10.5. The molecule has 4 rings (SSSR count). The highest BCUT2D eigenvalue weighted by molar-refractivity contribution is 5.73. The van der Waals surface area contributed by atoms with E-state index in [1.54, 1.807) is 4.90 Å². The molecular weight excluding hydrogens is 378 g/mol. The topological polar surface area (TPSA) is 56.1 Å². The number of amides is 1. The molecule has 0 spiro atoms. The standard InChI is InChI=1S/C24H29N3O3/c1-17-21(11-15-26-16-12-25-22(17)26)18-5-7-19(8-6-18)29-20-9-13-27(14-10-20)23(28)30-24(2,3)4/h5-8,11-12,15-16,20H,9-10,13-14H2,1-4H3. The Morgan fingerprint density at radius 2 is 1.77 bits per heavy atom. The summed E-state index contributed by atoms with van der Waals surface area (Å²) in [6.45, 7) is 9.07. The van der Waals surface area contributed by atoms with E-state index in [-0.39, 0.29) is 12.2 Å². The highest BCUT2D eigenvalue weighted by atomic mass is 16.6. The molecule has 1 aliphatic rings. The van der Waals surface area contributed by atoms with E-state index in [9.17, 15) is 4.79 Å². The van der Waals surface area contributed by atoms with Gasteiger partial charge in [-0.3, -0.25) is 0 Å². The van der Waals surface area contributed by atoms with Crippen molar-refractivity contribution in [2.24, 2.45) is 0 Å². The number of imidazole rings is 1. The van der Waals surface area contributed by atoms with Gasteiger partial charge in [-0.05, 0) is 57.0 Å². The highest BCUT2D eigenvalue weighted by Crippen LogP contribution is 2.28. The highest BCUT2D eigenvalue weighted by Gasteiger charge is 2.27. The van der Waals surface area contributed by atoms with Gasteiger partial charge in [0.2, 0.25) is 0 Å². The molecule has 1 aliphatic heterocycles. The predicted octanol–water partition coefficient (Wildman–Crippen LogP) is 5.09. The number of aryl methyl sites for hydroxylation is 1. The number of fused-ring (bicyclic) bond motifs is 1. The van der Waals surface area contributed by atoms with E-state index < -0.39 is 5.60 Å². The van der Waals surface area contributed by atoms with Crippen molar-refractivity contribution in [2.75, 3.05) is 13.1 Å². The molecule has 0 unspecified atom stereocenters. The van der Waals surface area contributed by atoms with Crippen LogP contribution in [0.1, 0.15) is 39.2 Å². The number of nitrogens with zero attached hydrogens (tertiary/aromatic N) is 3. The van der Waals surface area contributed by atoms with E-state index in [1.807, 2.05) is 55.9 Å². The van der Waals surface area contributed by atoms with Gasteiger partial charge in [0.05, 0.1) is 0 Å². The monoisotopic (exact) mass is 407 g/mol. The number of hydrogen-bond donors (Lipinski definition) is 0. The Bertz CT molecular complexity index is 1030. The van der Waals surface area contributed by atoms with E-state index in [4.69, 9.17) is 9.47 Å². The molecule has 0 aliphatic carbocycles. The minimum absolute atomic E-state index is 0.109. The van der Waals surface area contributed by atoms with Crippen molar-refractivity contribution in [3.8, 4) is 16.9 Å². The van der Waals surface area contributed by atoms with E-state index in [0.717, 1.165) is 35.4 Å². The Labute approximate surface area is 177 Å². The SMILES string of the molecule is Cc1c(-c2ccc(OC3CCN(C(=O)OC(C)(C)C)CC3)cc2)ccn2ccnc12. The molecule has 0 bridgehead atoms. The Hall–Kier alpha value is -3.02. The normalized spacial score (nSPS) is 15.4. The van der Waals surface area contributed by atoms with Gasteiger partial charge in [-0.15, -0.1) is 0 Å². The molecular formula is C24H29N3O3. The molecule has 1 aromatic carbocycles. The minimum Gasteiger partial charge on any atom is -0.490 e. The predicted molar refractivity (Wildman–Crippen MR) is 117 cm³/mol. The zero-order chi connectivity index (χ0) is 21.3. The Kier molecular flexibility index (Phi) is 5.41. The number of carbonyl (C=O) groups is 1. The largest absolute Gasteiger partial charge is 0.490 e.